The molecule has 5 heteroatoms. The van der Waals surface area contributed by atoms with Crippen LogP contribution in [0.3, 0.4) is 0 Å². The van der Waals surface area contributed by atoms with Crippen LogP contribution in [0, 0.1) is 0 Å². The van der Waals surface area contributed by atoms with Gasteiger partial charge in [-0.05, 0) is 24.6 Å². The summed E-state index contributed by atoms with van der Waals surface area (Å²) in [6, 6.07) is 7.51. The number of rotatable bonds is 4. The van der Waals surface area contributed by atoms with Gasteiger partial charge in [-0.1, -0.05) is 12.1 Å². The van der Waals surface area contributed by atoms with Crippen molar-refractivity contribution in [2.75, 3.05) is 32.9 Å². The molecule has 1 aromatic carbocycles. The molecule has 0 saturated carbocycles. The molecule has 1 aromatic rings. The molecule has 1 fully saturated rings. The minimum Gasteiger partial charge on any atom is -0.484 e. The van der Waals surface area contributed by atoms with E-state index in [0.29, 0.717) is 32.1 Å². The third-order valence-electron chi connectivity index (χ3n) is 3.13. The van der Waals surface area contributed by atoms with Crippen molar-refractivity contribution in [3.05, 3.63) is 29.8 Å². The first-order valence-electron chi connectivity index (χ1n) is 6.50. The van der Waals surface area contributed by atoms with Gasteiger partial charge in [-0.3, -0.25) is 4.79 Å². The minimum absolute atomic E-state index is 0.000399. The topological polar surface area (TPSA) is 64.8 Å². The van der Waals surface area contributed by atoms with Crippen molar-refractivity contribution in [3.8, 4) is 5.75 Å². The fourth-order valence-electron chi connectivity index (χ4n) is 1.92. The number of hydrogen-bond acceptors (Lipinski definition) is 4. The molecule has 1 amide bonds. The second-order valence-corrected chi connectivity index (χ2v) is 4.64. The summed E-state index contributed by atoms with van der Waals surface area (Å²) in [6.07, 6.45) is 0. The molecule has 1 saturated heterocycles. The molecule has 0 unspecified atom stereocenters. The summed E-state index contributed by atoms with van der Waals surface area (Å²) in [7, 11) is 0. The second kappa shape index (κ2) is 6.54. The van der Waals surface area contributed by atoms with Gasteiger partial charge in [0.2, 0.25) is 0 Å². The predicted molar refractivity (Wildman–Crippen MR) is 71.9 cm³/mol. The average Bonchev–Trinajstić information content (AvgIpc) is 2.46. The Balaban J connectivity index is 1.82. The van der Waals surface area contributed by atoms with Gasteiger partial charge in [-0.25, -0.2) is 0 Å². The Bertz CT molecular complexity index is 411. The molecule has 0 aliphatic carbocycles. The smallest absolute Gasteiger partial charge is 0.260 e. The lowest BCUT2D eigenvalue weighted by Crippen LogP contribution is -2.42. The largest absolute Gasteiger partial charge is 0.484 e. The number of benzene rings is 1. The molecule has 0 spiro atoms. The van der Waals surface area contributed by atoms with Crippen molar-refractivity contribution in [2.45, 2.75) is 13.0 Å². The van der Waals surface area contributed by atoms with E-state index >= 15 is 0 Å². The Kier molecular flexibility index (Phi) is 4.76. The Labute approximate surface area is 113 Å². The van der Waals surface area contributed by atoms with Crippen LogP contribution in [0.25, 0.3) is 0 Å². The molecule has 2 rings (SSSR count). The van der Waals surface area contributed by atoms with Crippen LogP contribution in [0.15, 0.2) is 24.3 Å². The maximum absolute atomic E-state index is 11.9. The Morgan fingerprint density at radius 3 is 2.58 bits per heavy atom. The number of amides is 1. The zero-order chi connectivity index (χ0) is 13.7. The molecule has 1 aliphatic rings. The summed E-state index contributed by atoms with van der Waals surface area (Å²) in [5.74, 6) is 0.686. The zero-order valence-electron chi connectivity index (χ0n) is 11.2. The monoisotopic (exact) mass is 264 g/mol. The summed E-state index contributed by atoms with van der Waals surface area (Å²) in [4.78, 5) is 13.6. The van der Waals surface area contributed by atoms with Crippen molar-refractivity contribution >= 4 is 5.91 Å². The quantitative estimate of drug-likeness (QED) is 0.879. The van der Waals surface area contributed by atoms with Crippen LogP contribution in [-0.2, 0) is 9.53 Å². The van der Waals surface area contributed by atoms with Gasteiger partial charge in [-0.2, -0.15) is 0 Å². The van der Waals surface area contributed by atoms with E-state index in [9.17, 15) is 4.79 Å². The first kappa shape index (κ1) is 13.8. The van der Waals surface area contributed by atoms with Gasteiger partial charge in [0.05, 0.1) is 13.2 Å². The van der Waals surface area contributed by atoms with Crippen molar-refractivity contribution in [1.82, 2.24) is 4.90 Å². The molecular weight excluding hydrogens is 244 g/mol. The highest BCUT2D eigenvalue weighted by atomic mass is 16.5. The molecular formula is C14H20N2O3. The zero-order valence-corrected chi connectivity index (χ0v) is 11.2. The first-order valence-corrected chi connectivity index (χ1v) is 6.50. The van der Waals surface area contributed by atoms with Gasteiger partial charge in [0, 0.05) is 19.1 Å². The molecule has 0 bridgehead atoms. The Morgan fingerprint density at radius 1 is 1.37 bits per heavy atom. The molecule has 0 aromatic heterocycles. The number of hydrogen-bond donors (Lipinski definition) is 1. The highest BCUT2D eigenvalue weighted by Gasteiger charge is 2.17. The molecule has 1 atom stereocenters. The second-order valence-electron chi connectivity index (χ2n) is 4.64. The third kappa shape index (κ3) is 3.94. The van der Waals surface area contributed by atoms with Gasteiger partial charge in [0.1, 0.15) is 5.75 Å². The van der Waals surface area contributed by atoms with E-state index in [2.05, 4.69) is 0 Å². The van der Waals surface area contributed by atoms with Crippen molar-refractivity contribution in [3.63, 3.8) is 0 Å². The highest BCUT2D eigenvalue weighted by molar-refractivity contribution is 5.77. The van der Waals surface area contributed by atoms with Crippen LogP contribution in [0.2, 0.25) is 0 Å². The fraction of sp³-hybridized carbons (Fsp3) is 0.500. The van der Waals surface area contributed by atoms with Crippen LogP contribution in [0.4, 0.5) is 0 Å². The van der Waals surface area contributed by atoms with Crippen LogP contribution in [0.1, 0.15) is 18.5 Å². The van der Waals surface area contributed by atoms with E-state index in [0.717, 1.165) is 5.56 Å². The number of morpholine rings is 1. The van der Waals surface area contributed by atoms with E-state index in [-0.39, 0.29) is 18.6 Å². The van der Waals surface area contributed by atoms with Gasteiger partial charge >= 0.3 is 0 Å². The molecule has 1 aliphatic heterocycles. The number of nitrogens with two attached hydrogens (primary N) is 1. The lowest BCUT2D eigenvalue weighted by molar-refractivity contribution is -0.137. The minimum atomic E-state index is -0.000399. The van der Waals surface area contributed by atoms with Gasteiger partial charge in [-0.15, -0.1) is 0 Å². The van der Waals surface area contributed by atoms with Crippen LogP contribution in [0.5, 0.6) is 5.75 Å². The summed E-state index contributed by atoms with van der Waals surface area (Å²) < 4.78 is 10.7. The standard InChI is InChI=1S/C14H20N2O3/c1-11(15)12-2-4-13(5-3-12)19-10-14(17)16-6-8-18-9-7-16/h2-5,11H,6-10,15H2,1H3/t11-/m1/s1. The van der Waals surface area contributed by atoms with E-state index in [1.165, 1.54) is 0 Å². The summed E-state index contributed by atoms with van der Waals surface area (Å²) >= 11 is 0. The average molecular weight is 264 g/mol. The van der Waals surface area contributed by atoms with Crippen LogP contribution in [-0.4, -0.2) is 43.7 Å². The first-order chi connectivity index (χ1) is 9.16. The lowest BCUT2D eigenvalue weighted by Gasteiger charge is -2.26. The van der Waals surface area contributed by atoms with Gasteiger partial charge in [0.25, 0.3) is 5.91 Å². The predicted octanol–water partition coefficient (Wildman–Crippen LogP) is 0.944. The summed E-state index contributed by atoms with van der Waals surface area (Å²) in [5.41, 5.74) is 6.82. The molecule has 104 valence electrons. The normalized spacial score (nSPS) is 17.1. The van der Waals surface area contributed by atoms with E-state index < -0.39 is 0 Å². The maximum atomic E-state index is 11.9. The van der Waals surface area contributed by atoms with Gasteiger partial charge < -0.3 is 20.1 Å². The molecule has 1 heterocycles. The molecule has 19 heavy (non-hydrogen) atoms. The Morgan fingerprint density at radius 2 is 2.00 bits per heavy atom. The van der Waals surface area contributed by atoms with Crippen LogP contribution < -0.4 is 10.5 Å². The van der Waals surface area contributed by atoms with Crippen molar-refractivity contribution in [1.29, 1.82) is 0 Å². The lowest BCUT2D eigenvalue weighted by atomic mass is 10.1. The van der Waals surface area contributed by atoms with Gasteiger partial charge in [0.15, 0.2) is 6.61 Å². The number of ether oxygens (including phenoxy) is 2. The molecule has 0 radical (unpaired) electrons. The highest BCUT2D eigenvalue weighted by Crippen LogP contribution is 2.16. The van der Waals surface area contributed by atoms with E-state index in [1.807, 2.05) is 31.2 Å². The number of nitrogens with zero attached hydrogens (tertiary/aromatic N) is 1. The summed E-state index contributed by atoms with van der Waals surface area (Å²) in [6.45, 7) is 4.50. The third-order valence-corrected chi connectivity index (χ3v) is 3.13. The van der Waals surface area contributed by atoms with E-state index in [4.69, 9.17) is 15.2 Å². The van der Waals surface area contributed by atoms with Crippen molar-refractivity contribution in [2.24, 2.45) is 5.73 Å². The van der Waals surface area contributed by atoms with Crippen molar-refractivity contribution < 1.29 is 14.3 Å². The summed E-state index contributed by atoms with van der Waals surface area (Å²) in [5, 5.41) is 0. The number of carbonyl (C=O) groups excluding carboxylic acids is 1. The fourth-order valence-corrected chi connectivity index (χ4v) is 1.92. The van der Waals surface area contributed by atoms with Crippen LogP contribution >= 0.6 is 0 Å². The number of carbonyl (C=O) groups is 1. The molecule has 5 nitrogen and oxygen atoms in total. The SMILES string of the molecule is C[C@@H](N)c1ccc(OCC(=O)N2CCOCC2)cc1. The maximum Gasteiger partial charge on any atom is 0.260 e. The Hall–Kier alpha value is -1.59. The molecule has 2 N–H and O–H groups in total. The van der Waals surface area contributed by atoms with E-state index in [1.54, 1.807) is 4.90 Å².